The Labute approximate surface area is 686 Å². The Hall–Kier alpha value is -6.36. The standard InChI is InChI=1S/C66H104N14O34P6/c1-63(2,43(81)18-26-69-45(83)20-28-71-59(89)53(87)64(3,4)33-107-119(101,102)113-117(97,98)105-31-41-51(111-115(91,92)93)49(85)61(109-41)79-37-77-47-55(67)73-35-75-57(47)79)22-11-7-9-14-39-16-13-17-40(30-39)15-10-8-12-23-66(24-25-66)44(82)19-27-70-46(84)21-29-72-60(90)54(88)65(5,6)34-108-120(103,104)114-118(99,100)106-32-42-52(112-116(94,95)96)50(86)62(110-42)80-38-78-48-56(68)74-36-76-58(48)80/h13,16-17,30,35-38,41-42,49-54,61-62,85-88H,7-12,14-15,18-29,31-34H2,1-6H3,(H,69,83)(H,70,84)(H,71,89)(H,72,90)(H,97,98)(H,99,100)(H,101,102)(H,103,104)(H2,67,73,75)(H2,68,74,76)(H2,91,92,93)(H2,94,95,96)/p-8. The van der Waals surface area contributed by atoms with Crippen LogP contribution >= 0.6 is 46.9 Å². The minimum Gasteiger partial charge on any atom is -0.790 e. The number of hydrogen-bond donors (Lipinski definition) is 10. The summed E-state index contributed by atoms with van der Waals surface area (Å²) in [6.45, 7) is 3.13. The van der Waals surface area contributed by atoms with E-state index in [0.29, 0.717) is 12.8 Å². The number of nitrogens with one attached hydrogen (secondary N) is 4. The summed E-state index contributed by atoms with van der Waals surface area (Å²) in [6.07, 6.45) is -6.12. The number of aromatic nitrogens is 8. The van der Waals surface area contributed by atoms with E-state index in [2.05, 4.69) is 105 Å². The van der Waals surface area contributed by atoms with Crippen molar-refractivity contribution in [3.63, 3.8) is 0 Å². The largest absolute Gasteiger partial charge is 0.790 e. The number of benzene rings is 1. The maximum absolute atomic E-state index is 13.3. The van der Waals surface area contributed by atoms with E-state index in [1.807, 2.05) is 19.9 Å². The van der Waals surface area contributed by atoms with Gasteiger partial charge in [-0.1, -0.05) is 91.5 Å². The molecule has 4 amide bonds. The van der Waals surface area contributed by atoms with Crippen LogP contribution in [-0.2, 0) is 114 Å². The molecule has 48 nitrogen and oxygen atoms in total. The molecule has 1 aromatic carbocycles. The van der Waals surface area contributed by atoms with Gasteiger partial charge in [-0.05, 0) is 62.5 Å². The maximum Gasteiger partial charge on any atom is 0.274 e. The molecule has 672 valence electrons. The van der Waals surface area contributed by atoms with E-state index < -0.39 is 180 Å². The number of nitrogens with zero attached hydrogens (tertiary/aromatic N) is 8. The van der Waals surface area contributed by atoms with E-state index in [1.165, 1.54) is 38.8 Å². The molecule has 2 aliphatic heterocycles. The Balaban J connectivity index is 0.628. The Morgan fingerprint density at radius 3 is 1.37 bits per heavy atom. The van der Waals surface area contributed by atoms with Crippen LogP contribution in [0.1, 0.15) is 155 Å². The van der Waals surface area contributed by atoms with Gasteiger partial charge in [0.05, 0.1) is 54.7 Å². The van der Waals surface area contributed by atoms with Crippen molar-refractivity contribution >= 4 is 116 Å². The maximum atomic E-state index is 13.3. The fourth-order valence-electron chi connectivity index (χ4n) is 13.0. The lowest BCUT2D eigenvalue weighted by molar-refractivity contribution is -0.348. The highest BCUT2D eigenvalue weighted by Gasteiger charge is 2.51. The number of nitrogen functional groups attached to an aromatic ring is 2. The summed E-state index contributed by atoms with van der Waals surface area (Å²) in [6, 6.07) is 8.33. The molecule has 3 aliphatic rings. The number of imidazole rings is 2. The molecule has 3 fully saturated rings. The lowest BCUT2D eigenvalue weighted by Gasteiger charge is -2.36. The number of Topliss-reactive ketones (excluding diaryl/α,β-unsaturated/α-hetero) is 2. The summed E-state index contributed by atoms with van der Waals surface area (Å²) in [5, 5.41) is 53.3. The van der Waals surface area contributed by atoms with Crippen LogP contribution in [0.5, 0.6) is 0 Å². The number of rotatable bonds is 52. The normalized spacial score (nSPS) is 22.2. The number of hydrogen-bond acceptors (Lipinski definition) is 42. The summed E-state index contributed by atoms with van der Waals surface area (Å²) < 4.78 is 123. The first-order valence-corrected chi connectivity index (χ1v) is 46.4. The molecule has 1 aliphatic carbocycles. The average molecular weight is 1820 g/mol. The second-order valence-electron chi connectivity index (χ2n) is 30.9. The van der Waals surface area contributed by atoms with E-state index in [-0.39, 0.29) is 97.4 Å². The molecule has 2 saturated heterocycles. The van der Waals surface area contributed by atoms with Gasteiger partial charge in [-0.15, -0.1) is 0 Å². The number of aliphatic hydroxyl groups is 4. The number of fused-ring (bicyclic) bond motifs is 2. The second kappa shape index (κ2) is 41.6. The van der Waals surface area contributed by atoms with Crippen molar-refractivity contribution < 1.29 is 161 Å². The molecule has 4 aromatic heterocycles. The Morgan fingerprint density at radius 1 is 0.550 bits per heavy atom. The fraction of sp³-hybridized carbons (Fsp3) is 0.667. The van der Waals surface area contributed by atoms with Gasteiger partial charge in [-0.2, -0.15) is 0 Å². The predicted octanol–water partition coefficient (Wildman–Crippen LogP) is -2.60. The van der Waals surface area contributed by atoms with Crippen LogP contribution in [0.3, 0.4) is 0 Å². The topological polar surface area (TPSA) is 750 Å². The summed E-state index contributed by atoms with van der Waals surface area (Å²) in [5.41, 5.74) is 9.21. The van der Waals surface area contributed by atoms with E-state index in [0.717, 1.165) is 98.7 Å². The molecule has 54 heteroatoms. The van der Waals surface area contributed by atoms with Gasteiger partial charge < -0.3 is 138 Å². The van der Waals surface area contributed by atoms with Crippen LogP contribution in [0.2, 0.25) is 0 Å². The predicted molar refractivity (Wildman–Crippen MR) is 397 cm³/mol. The first-order valence-electron chi connectivity index (χ1n) is 37.6. The summed E-state index contributed by atoms with van der Waals surface area (Å²) in [5.74, 6) is -3.43. The molecule has 14 unspecified atom stereocenters. The molecular weight excluding hydrogens is 1720 g/mol. The van der Waals surface area contributed by atoms with Crippen LogP contribution in [0, 0.1) is 21.7 Å². The molecular formula is C66H96N14O34P6-8. The molecule has 120 heavy (non-hydrogen) atoms. The Bertz CT molecular complexity index is 4450. The van der Waals surface area contributed by atoms with E-state index in [4.69, 9.17) is 20.9 Å². The highest BCUT2D eigenvalue weighted by Crippen LogP contribution is 2.59. The monoisotopic (exact) mass is 1810 g/mol. The van der Waals surface area contributed by atoms with Gasteiger partial charge in [0.2, 0.25) is 23.6 Å². The van der Waals surface area contributed by atoms with Crippen LogP contribution in [0.25, 0.3) is 22.3 Å². The van der Waals surface area contributed by atoms with Gasteiger partial charge in [-0.25, -0.2) is 38.5 Å². The van der Waals surface area contributed by atoms with Gasteiger partial charge >= 0.3 is 0 Å². The molecule has 14 atom stereocenters. The highest BCUT2D eigenvalue weighted by atomic mass is 31.3. The Kier molecular flexibility index (Phi) is 34.4. The number of aliphatic hydroxyl groups excluding tert-OH is 4. The number of phosphoric acid groups is 6. The first-order chi connectivity index (χ1) is 55.8. The molecule has 6 heterocycles. The number of anilines is 2. The lowest BCUT2D eigenvalue weighted by atomic mass is 9.81. The number of aryl methyl sites for hydroxylation is 2. The number of ketones is 2. The van der Waals surface area contributed by atoms with Gasteiger partial charge in [0.15, 0.2) is 35.4 Å². The number of nitrogens with two attached hydrogens (primary N) is 2. The van der Waals surface area contributed by atoms with Crippen molar-refractivity contribution in [1.29, 1.82) is 0 Å². The smallest absolute Gasteiger partial charge is 0.274 e. The molecule has 1 saturated carbocycles. The number of carbonyl (C=O) groups is 6. The van der Waals surface area contributed by atoms with Crippen molar-refractivity contribution in [3.8, 4) is 0 Å². The molecule has 5 aromatic rings. The molecule has 0 bridgehead atoms. The summed E-state index contributed by atoms with van der Waals surface area (Å²) >= 11 is 0. The fourth-order valence-corrected chi connectivity index (χ4v) is 18.5. The van der Waals surface area contributed by atoms with Gasteiger partial charge in [-0.3, -0.25) is 56.2 Å². The van der Waals surface area contributed by atoms with Gasteiger partial charge in [0.25, 0.3) is 31.3 Å². The van der Waals surface area contributed by atoms with E-state index in [1.54, 1.807) is 0 Å². The number of amides is 4. The summed E-state index contributed by atoms with van der Waals surface area (Å²) in [7, 11) is -35.6. The van der Waals surface area contributed by atoms with E-state index in [9.17, 15) is 116 Å². The molecule has 0 spiro atoms. The lowest BCUT2D eigenvalue weighted by Crippen LogP contribution is -2.46. The van der Waals surface area contributed by atoms with Crippen molar-refractivity contribution in [3.05, 3.63) is 60.7 Å². The van der Waals surface area contributed by atoms with E-state index >= 15 is 0 Å². The van der Waals surface area contributed by atoms with Crippen LogP contribution < -0.4 is 71.9 Å². The van der Waals surface area contributed by atoms with Crippen LogP contribution in [0.4, 0.5) is 11.6 Å². The first kappa shape index (κ1) is 99.1. The molecule has 12 N–H and O–H groups in total. The third-order valence-corrected chi connectivity index (χ3v) is 26.1. The number of ether oxygens (including phenoxy) is 2. The van der Waals surface area contributed by atoms with Crippen molar-refractivity contribution in [2.24, 2.45) is 21.7 Å². The number of unbranched alkanes of at least 4 members (excludes halogenated alkanes) is 4. The number of carbonyl (C=O) groups excluding carboxylic acids is 6. The highest BCUT2D eigenvalue weighted by molar-refractivity contribution is 7.60. The van der Waals surface area contributed by atoms with Gasteiger partial charge in [0, 0.05) is 73.5 Å². The summed E-state index contributed by atoms with van der Waals surface area (Å²) in [4.78, 5) is 198. The SMILES string of the molecule is CC(C)(CCCCCc1cccc(CCCCCC2(C(=O)CCNC(=O)CCNC(=O)C(O)C(C)(C)COP(=O)([O-])OP(=O)([O-])OCC3OC(n4cnc5c(N)ncnc54)C(O)C3OP(=O)([O-])[O-])CC2)c1)C(=O)CCNC(=O)CCNC(=O)C(O)C(C)(C)COP(=O)([O-])OP(=O)([O-])OCC1OC(n2cnc3c(N)ncnc32)C(O)C1OP(=O)([O-])[O-]. The van der Waals surface area contributed by atoms with Crippen LogP contribution in [0.15, 0.2) is 49.6 Å². The minimum absolute atomic E-state index is 0.00682. The zero-order valence-electron chi connectivity index (χ0n) is 65.8. The second-order valence-corrected chi connectivity index (χ2v) is 39.0. The van der Waals surface area contributed by atoms with Crippen molar-refractivity contribution in [1.82, 2.24) is 60.3 Å². The average Bonchev–Trinajstić information content (AvgIpc) is 1.61. The molecule has 8 rings (SSSR count). The Morgan fingerprint density at radius 2 is 0.950 bits per heavy atom. The zero-order valence-corrected chi connectivity index (χ0v) is 71.2. The quantitative estimate of drug-likeness (QED) is 0.0141. The molecule has 0 radical (unpaired) electrons. The minimum atomic E-state index is -5.99. The van der Waals surface area contributed by atoms with Gasteiger partial charge in [0.1, 0.15) is 84.1 Å². The van der Waals surface area contributed by atoms with Crippen molar-refractivity contribution in [2.75, 3.05) is 64.1 Å². The van der Waals surface area contributed by atoms with Crippen molar-refractivity contribution in [2.45, 2.75) is 206 Å². The zero-order chi connectivity index (χ0) is 88.8. The third-order valence-electron chi connectivity index (χ3n) is 20.0. The number of phosphoric ester groups is 6. The third kappa shape index (κ3) is 29.1. The van der Waals surface area contributed by atoms with Crippen LogP contribution in [-0.4, -0.2) is 196 Å².